The smallest absolute Gasteiger partial charge is 0.341 e. The molecule has 0 amide bonds. The average Bonchev–Trinajstić information content (AvgIpc) is 3.06. The van der Waals surface area contributed by atoms with Crippen molar-refractivity contribution in [3.8, 4) is 0 Å². The molecule has 2 aliphatic heterocycles. The van der Waals surface area contributed by atoms with Gasteiger partial charge in [-0.15, -0.1) is 0 Å². The molecule has 0 aromatic carbocycles. The van der Waals surface area contributed by atoms with Crippen molar-refractivity contribution in [3.05, 3.63) is 11.6 Å². The predicted molar refractivity (Wildman–Crippen MR) is 81.3 cm³/mol. The number of carbonyl (C=O) groups excluding carboxylic acids is 1. The molecule has 0 saturated carbocycles. The highest BCUT2D eigenvalue weighted by atomic mass is 16.6. The van der Waals surface area contributed by atoms with Crippen molar-refractivity contribution in [1.82, 2.24) is 4.90 Å². The van der Waals surface area contributed by atoms with E-state index < -0.39 is 23.8 Å². The number of hydrogen-bond donors (Lipinski definition) is 2. The summed E-state index contributed by atoms with van der Waals surface area (Å²) in [6, 6.07) is -0.0557. The van der Waals surface area contributed by atoms with Crippen LogP contribution in [0.5, 0.6) is 0 Å². The van der Waals surface area contributed by atoms with Gasteiger partial charge in [0.2, 0.25) is 0 Å². The molecule has 4 atom stereocenters. The minimum Gasteiger partial charge on any atom is -0.459 e. The Labute approximate surface area is 131 Å². The number of nitrogens with zero attached hydrogens (tertiary/aromatic N) is 1. The van der Waals surface area contributed by atoms with Gasteiger partial charge in [0.1, 0.15) is 6.61 Å². The number of rotatable bonds is 6. The molecule has 1 saturated heterocycles. The normalized spacial score (nSPS) is 29.1. The molecule has 0 aliphatic carbocycles. The van der Waals surface area contributed by atoms with Gasteiger partial charge < -0.3 is 19.7 Å². The van der Waals surface area contributed by atoms with Gasteiger partial charge in [0.15, 0.2) is 5.60 Å². The molecule has 0 aromatic rings. The molecule has 0 unspecified atom stereocenters. The second-order valence-electron chi connectivity index (χ2n) is 6.51. The Kier molecular flexibility index (Phi) is 5.27. The zero-order valence-corrected chi connectivity index (χ0v) is 13.8. The van der Waals surface area contributed by atoms with Crippen LogP contribution in [0.3, 0.4) is 0 Å². The third kappa shape index (κ3) is 2.93. The number of esters is 1. The van der Waals surface area contributed by atoms with E-state index in [0.717, 1.165) is 25.1 Å². The maximum Gasteiger partial charge on any atom is 0.341 e. The van der Waals surface area contributed by atoms with Gasteiger partial charge in [0, 0.05) is 20.2 Å². The molecule has 126 valence electrons. The third-order valence-corrected chi connectivity index (χ3v) is 4.99. The van der Waals surface area contributed by atoms with Gasteiger partial charge in [0.25, 0.3) is 0 Å². The lowest BCUT2D eigenvalue weighted by Crippen LogP contribution is -2.54. The van der Waals surface area contributed by atoms with E-state index in [1.807, 2.05) is 6.08 Å². The summed E-state index contributed by atoms with van der Waals surface area (Å²) in [5.41, 5.74) is -0.767. The van der Waals surface area contributed by atoms with Gasteiger partial charge in [-0.2, -0.15) is 0 Å². The van der Waals surface area contributed by atoms with Crippen LogP contribution in [0.2, 0.25) is 0 Å². The van der Waals surface area contributed by atoms with Crippen LogP contribution in [-0.2, 0) is 14.3 Å². The monoisotopic (exact) mass is 313 g/mol. The number of aliphatic hydroxyl groups excluding tert-OH is 1. The number of carbonyl (C=O) groups is 1. The number of aliphatic hydroxyl groups is 2. The van der Waals surface area contributed by atoms with Crippen molar-refractivity contribution in [3.63, 3.8) is 0 Å². The number of ether oxygens (including phenoxy) is 2. The summed E-state index contributed by atoms with van der Waals surface area (Å²) in [6.45, 7) is 6.90. The molecule has 2 N–H and O–H groups in total. The van der Waals surface area contributed by atoms with E-state index in [4.69, 9.17) is 9.47 Å². The highest BCUT2D eigenvalue weighted by Gasteiger charge is 2.47. The van der Waals surface area contributed by atoms with Gasteiger partial charge in [-0.1, -0.05) is 19.9 Å². The molecule has 0 aromatic heterocycles. The van der Waals surface area contributed by atoms with E-state index in [1.165, 1.54) is 7.11 Å². The zero-order chi connectivity index (χ0) is 16.5. The summed E-state index contributed by atoms with van der Waals surface area (Å²) in [5, 5.41) is 20.7. The van der Waals surface area contributed by atoms with E-state index in [0.29, 0.717) is 0 Å². The van der Waals surface area contributed by atoms with Crippen LogP contribution in [0, 0.1) is 5.92 Å². The summed E-state index contributed by atoms with van der Waals surface area (Å²) >= 11 is 0. The fourth-order valence-corrected chi connectivity index (χ4v) is 3.34. The lowest BCUT2D eigenvalue weighted by molar-refractivity contribution is -0.186. The van der Waals surface area contributed by atoms with Crippen molar-refractivity contribution in [2.75, 3.05) is 26.8 Å². The van der Waals surface area contributed by atoms with Crippen LogP contribution in [0.1, 0.15) is 27.2 Å². The van der Waals surface area contributed by atoms with Crippen LogP contribution in [0.4, 0.5) is 0 Å². The minimum absolute atomic E-state index is 0.0557. The molecule has 2 aliphatic rings. The Morgan fingerprint density at radius 3 is 2.77 bits per heavy atom. The summed E-state index contributed by atoms with van der Waals surface area (Å²) in [6.07, 6.45) is 1.67. The first-order chi connectivity index (χ1) is 10.3. The molecule has 22 heavy (non-hydrogen) atoms. The van der Waals surface area contributed by atoms with Crippen molar-refractivity contribution < 1.29 is 24.5 Å². The zero-order valence-electron chi connectivity index (χ0n) is 13.8. The van der Waals surface area contributed by atoms with Crippen LogP contribution < -0.4 is 0 Å². The van der Waals surface area contributed by atoms with Crippen LogP contribution in [0.15, 0.2) is 11.6 Å². The van der Waals surface area contributed by atoms with Crippen molar-refractivity contribution >= 4 is 5.97 Å². The maximum absolute atomic E-state index is 12.4. The number of methoxy groups -OCH3 is 1. The first kappa shape index (κ1) is 17.4. The van der Waals surface area contributed by atoms with Crippen molar-refractivity contribution in [1.29, 1.82) is 0 Å². The van der Waals surface area contributed by atoms with Gasteiger partial charge in [0.05, 0.1) is 18.2 Å². The summed E-state index contributed by atoms with van der Waals surface area (Å²) < 4.78 is 10.5. The molecule has 6 heteroatoms. The van der Waals surface area contributed by atoms with Gasteiger partial charge in [-0.25, -0.2) is 4.79 Å². The topological polar surface area (TPSA) is 79.2 Å². The van der Waals surface area contributed by atoms with Gasteiger partial charge in [-0.05, 0) is 24.8 Å². The second-order valence-corrected chi connectivity index (χ2v) is 6.51. The molecule has 6 nitrogen and oxygen atoms in total. The van der Waals surface area contributed by atoms with Gasteiger partial charge in [-0.3, -0.25) is 4.90 Å². The minimum atomic E-state index is -1.68. The van der Waals surface area contributed by atoms with Gasteiger partial charge >= 0.3 is 5.97 Å². The van der Waals surface area contributed by atoms with E-state index in [9.17, 15) is 15.0 Å². The molecule has 0 spiro atoms. The molecular formula is C16H27NO5. The molecule has 2 heterocycles. The Morgan fingerprint density at radius 1 is 1.50 bits per heavy atom. The van der Waals surface area contributed by atoms with Crippen LogP contribution in [0.25, 0.3) is 0 Å². The van der Waals surface area contributed by atoms with Crippen molar-refractivity contribution in [2.24, 2.45) is 5.92 Å². The summed E-state index contributed by atoms with van der Waals surface area (Å²) in [5.74, 6) is -1.01. The van der Waals surface area contributed by atoms with Crippen LogP contribution >= 0.6 is 0 Å². The number of hydrogen-bond acceptors (Lipinski definition) is 6. The SMILES string of the molecule is CO[C@H](C)[C@](O)(C(=O)OCC1=CCN2CC[C@H](O)[C@@H]12)C(C)C. The highest BCUT2D eigenvalue weighted by molar-refractivity contribution is 5.80. The van der Waals surface area contributed by atoms with Crippen molar-refractivity contribution in [2.45, 2.75) is 51.0 Å². The summed E-state index contributed by atoms with van der Waals surface area (Å²) in [4.78, 5) is 14.5. The van der Waals surface area contributed by atoms with Crippen LogP contribution in [-0.4, -0.2) is 71.7 Å². The fourth-order valence-electron chi connectivity index (χ4n) is 3.34. The summed E-state index contributed by atoms with van der Waals surface area (Å²) in [7, 11) is 1.46. The Hall–Kier alpha value is -0.950. The molecule has 2 rings (SSSR count). The molecule has 0 radical (unpaired) electrons. The standard InChI is InChI=1S/C16H27NO5/c1-10(2)16(20,11(3)21-4)15(19)22-9-12-5-7-17-8-6-13(18)14(12)17/h5,10-11,13-14,18,20H,6-9H2,1-4H3/t11-,13+,14-,16+/m1/s1. The largest absolute Gasteiger partial charge is 0.459 e. The second kappa shape index (κ2) is 6.66. The lowest BCUT2D eigenvalue weighted by Gasteiger charge is -2.34. The molecular weight excluding hydrogens is 286 g/mol. The van der Waals surface area contributed by atoms with E-state index in [-0.39, 0.29) is 18.6 Å². The quantitative estimate of drug-likeness (QED) is 0.543. The Balaban J connectivity index is 2.00. The first-order valence-electron chi connectivity index (χ1n) is 7.85. The number of fused-ring (bicyclic) bond motifs is 1. The van der Waals surface area contributed by atoms with E-state index in [2.05, 4.69) is 4.90 Å². The van der Waals surface area contributed by atoms with E-state index in [1.54, 1.807) is 20.8 Å². The average molecular weight is 313 g/mol. The maximum atomic E-state index is 12.4. The molecule has 0 bridgehead atoms. The molecule has 1 fully saturated rings. The first-order valence-corrected chi connectivity index (χ1v) is 7.85. The Morgan fingerprint density at radius 2 is 2.18 bits per heavy atom. The third-order valence-electron chi connectivity index (χ3n) is 4.99. The lowest BCUT2D eigenvalue weighted by atomic mass is 9.85. The fraction of sp³-hybridized carbons (Fsp3) is 0.812. The highest BCUT2D eigenvalue weighted by Crippen LogP contribution is 2.30. The predicted octanol–water partition coefficient (Wildman–Crippen LogP) is 0.327. The van der Waals surface area contributed by atoms with E-state index >= 15 is 0 Å². The Bertz CT molecular complexity index is 450.